The van der Waals surface area contributed by atoms with E-state index in [0.29, 0.717) is 19.5 Å². The second kappa shape index (κ2) is 7.61. The van der Waals surface area contributed by atoms with E-state index in [1.54, 1.807) is 4.90 Å². The van der Waals surface area contributed by atoms with Crippen molar-refractivity contribution in [1.29, 1.82) is 0 Å². The second-order valence-electron chi connectivity index (χ2n) is 5.82. The van der Waals surface area contributed by atoms with Crippen LogP contribution in [-0.4, -0.2) is 30.9 Å². The van der Waals surface area contributed by atoms with Gasteiger partial charge in [-0.25, -0.2) is 0 Å². The summed E-state index contributed by atoms with van der Waals surface area (Å²) < 4.78 is 0. The Kier molecular flexibility index (Phi) is 6.38. The minimum Gasteiger partial charge on any atom is -0.352 e. The lowest BCUT2D eigenvalue weighted by Gasteiger charge is -2.19. The molecular weight excluding hydrogens is 302 g/mol. The van der Waals surface area contributed by atoms with Gasteiger partial charge in [-0.05, 0) is 50.5 Å². The smallest absolute Gasteiger partial charge is 0.239 e. The highest BCUT2D eigenvalue weighted by Gasteiger charge is 2.37. The predicted octanol–water partition coefficient (Wildman–Crippen LogP) is 1.54. The van der Waals surface area contributed by atoms with Gasteiger partial charge in [-0.1, -0.05) is 6.07 Å². The van der Waals surface area contributed by atoms with Crippen molar-refractivity contribution in [1.82, 2.24) is 5.32 Å². The lowest BCUT2D eigenvalue weighted by molar-refractivity contribution is -0.132. The number of nitrogens with two attached hydrogens (primary N) is 1. The van der Waals surface area contributed by atoms with Crippen LogP contribution >= 0.6 is 12.4 Å². The summed E-state index contributed by atoms with van der Waals surface area (Å²) in [6.45, 7) is 6.79. The Hall–Kier alpha value is -1.59. The first-order chi connectivity index (χ1) is 9.92. The molecule has 3 N–H and O–H groups in total. The number of amides is 2. The van der Waals surface area contributed by atoms with Crippen molar-refractivity contribution in [2.75, 3.05) is 18.0 Å². The van der Waals surface area contributed by atoms with E-state index in [4.69, 9.17) is 5.73 Å². The van der Waals surface area contributed by atoms with E-state index in [0.717, 1.165) is 16.8 Å². The molecule has 2 atom stereocenters. The minimum absolute atomic E-state index is 0. The van der Waals surface area contributed by atoms with Gasteiger partial charge in [-0.2, -0.15) is 0 Å². The molecule has 22 heavy (non-hydrogen) atoms. The van der Waals surface area contributed by atoms with E-state index in [1.165, 1.54) is 0 Å². The van der Waals surface area contributed by atoms with Crippen LogP contribution in [0.15, 0.2) is 18.2 Å². The lowest BCUT2D eigenvalue weighted by Crippen LogP contribution is -2.43. The highest BCUT2D eigenvalue weighted by Crippen LogP contribution is 2.27. The van der Waals surface area contributed by atoms with Crippen molar-refractivity contribution < 1.29 is 9.59 Å². The Labute approximate surface area is 137 Å². The average Bonchev–Trinajstić information content (AvgIpc) is 2.79. The van der Waals surface area contributed by atoms with Crippen LogP contribution in [0.4, 0.5) is 5.69 Å². The van der Waals surface area contributed by atoms with Gasteiger partial charge in [0.15, 0.2) is 0 Å². The number of nitrogens with one attached hydrogen (secondary N) is 1. The highest BCUT2D eigenvalue weighted by molar-refractivity contribution is 6.09. The molecule has 6 heteroatoms. The van der Waals surface area contributed by atoms with Crippen LogP contribution in [0.2, 0.25) is 0 Å². The Morgan fingerprint density at radius 1 is 1.36 bits per heavy atom. The molecule has 1 unspecified atom stereocenters. The van der Waals surface area contributed by atoms with Gasteiger partial charge in [0.25, 0.3) is 0 Å². The Bertz CT molecular complexity index is 542. The first-order valence-electron chi connectivity index (χ1n) is 7.32. The van der Waals surface area contributed by atoms with Gasteiger partial charge in [0.1, 0.15) is 5.92 Å². The summed E-state index contributed by atoms with van der Waals surface area (Å²) in [6.07, 6.45) is 0.551. The normalized spacial score (nSPS) is 18.8. The third-order valence-electron chi connectivity index (χ3n) is 3.78. The summed E-state index contributed by atoms with van der Waals surface area (Å²) in [6, 6.07) is 5.92. The number of benzene rings is 1. The van der Waals surface area contributed by atoms with Gasteiger partial charge in [-0.3, -0.25) is 9.59 Å². The van der Waals surface area contributed by atoms with Gasteiger partial charge in [0, 0.05) is 24.8 Å². The van der Waals surface area contributed by atoms with E-state index in [2.05, 4.69) is 11.4 Å². The molecule has 0 aromatic heterocycles. The third-order valence-corrected chi connectivity index (χ3v) is 3.78. The van der Waals surface area contributed by atoms with Crippen LogP contribution in [0.5, 0.6) is 0 Å². The molecule has 5 nitrogen and oxygen atoms in total. The summed E-state index contributed by atoms with van der Waals surface area (Å²) in [7, 11) is 0. The number of carbonyl (C=O) groups excluding carboxylic acids is 2. The summed E-state index contributed by atoms with van der Waals surface area (Å²) in [5.74, 6) is -0.939. The Balaban J connectivity index is 0.00000242. The maximum atomic E-state index is 12.5. The molecule has 1 aliphatic rings. The van der Waals surface area contributed by atoms with Crippen molar-refractivity contribution in [2.24, 2.45) is 11.7 Å². The maximum Gasteiger partial charge on any atom is 0.239 e. The number of rotatable bonds is 4. The summed E-state index contributed by atoms with van der Waals surface area (Å²) >= 11 is 0. The van der Waals surface area contributed by atoms with Crippen LogP contribution < -0.4 is 16.0 Å². The van der Waals surface area contributed by atoms with Crippen LogP contribution in [0.25, 0.3) is 0 Å². The van der Waals surface area contributed by atoms with Gasteiger partial charge >= 0.3 is 0 Å². The zero-order chi connectivity index (χ0) is 15.6. The predicted molar refractivity (Wildman–Crippen MR) is 90.3 cm³/mol. The number of hydrogen-bond acceptors (Lipinski definition) is 3. The second-order valence-corrected chi connectivity index (χ2v) is 5.82. The monoisotopic (exact) mass is 325 g/mol. The van der Waals surface area contributed by atoms with Crippen molar-refractivity contribution >= 4 is 29.9 Å². The number of aryl methyl sites for hydroxylation is 2. The van der Waals surface area contributed by atoms with E-state index in [9.17, 15) is 9.59 Å². The topological polar surface area (TPSA) is 75.4 Å². The fourth-order valence-electron chi connectivity index (χ4n) is 2.69. The molecule has 0 aliphatic carbocycles. The fraction of sp³-hybridized carbons (Fsp3) is 0.500. The molecule has 122 valence electrons. The molecule has 1 aromatic rings. The summed E-state index contributed by atoms with van der Waals surface area (Å²) in [4.78, 5) is 26.3. The molecule has 2 rings (SSSR count). The van der Waals surface area contributed by atoms with Crippen molar-refractivity contribution in [2.45, 2.75) is 33.2 Å². The molecule has 2 amide bonds. The summed E-state index contributed by atoms with van der Waals surface area (Å²) in [5.41, 5.74) is 8.60. The van der Waals surface area contributed by atoms with E-state index >= 15 is 0 Å². The lowest BCUT2D eigenvalue weighted by atomic mass is 10.1. The van der Waals surface area contributed by atoms with E-state index < -0.39 is 5.92 Å². The van der Waals surface area contributed by atoms with Crippen LogP contribution in [0, 0.1) is 19.8 Å². The molecule has 1 aromatic carbocycles. The Morgan fingerprint density at radius 3 is 2.50 bits per heavy atom. The van der Waals surface area contributed by atoms with Gasteiger partial charge < -0.3 is 16.0 Å². The highest BCUT2D eigenvalue weighted by atomic mass is 35.5. The molecule has 0 radical (unpaired) electrons. The molecule has 0 bridgehead atoms. The van der Waals surface area contributed by atoms with Crippen LogP contribution in [-0.2, 0) is 9.59 Å². The SMILES string of the molecule is Cc1cc(C)cc(N2CCC(C(=O)N[C@@H](C)CN)C2=O)c1.Cl. The van der Waals surface area contributed by atoms with Crippen molar-refractivity contribution in [3.8, 4) is 0 Å². The first-order valence-corrected chi connectivity index (χ1v) is 7.32. The third kappa shape index (κ3) is 3.99. The van der Waals surface area contributed by atoms with Gasteiger partial charge in [0.05, 0.1) is 0 Å². The van der Waals surface area contributed by atoms with Crippen molar-refractivity contribution in [3.63, 3.8) is 0 Å². The zero-order valence-electron chi connectivity index (χ0n) is 13.3. The van der Waals surface area contributed by atoms with Crippen molar-refractivity contribution in [3.05, 3.63) is 29.3 Å². The molecule has 1 aliphatic heterocycles. The molecular formula is C16H24ClN3O2. The van der Waals surface area contributed by atoms with E-state index in [-0.39, 0.29) is 30.3 Å². The number of nitrogens with zero attached hydrogens (tertiary/aromatic N) is 1. The van der Waals surface area contributed by atoms with E-state index in [1.807, 2.05) is 32.9 Å². The molecule has 0 spiro atoms. The van der Waals surface area contributed by atoms with Crippen LogP contribution in [0.1, 0.15) is 24.5 Å². The van der Waals surface area contributed by atoms with Gasteiger partial charge in [-0.15, -0.1) is 12.4 Å². The average molecular weight is 326 g/mol. The Morgan fingerprint density at radius 2 is 1.95 bits per heavy atom. The summed E-state index contributed by atoms with van der Waals surface area (Å²) in [5, 5.41) is 2.79. The number of hydrogen-bond donors (Lipinski definition) is 2. The first kappa shape index (κ1) is 18.5. The molecule has 1 saturated heterocycles. The molecule has 1 heterocycles. The maximum absolute atomic E-state index is 12.5. The number of halogens is 1. The standard InChI is InChI=1S/C16H23N3O2.ClH/c1-10-6-11(2)8-13(7-10)19-5-4-14(16(19)21)15(20)18-12(3)9-17;/h6-8,12,14H,4-5,9,17H2,1-3H3,(H,18,20);1H/t12-,14?;/m0./s1. The quantitative estimate of drug-likeness (QED) is 0.825. The zero-order valence-corrected chi connectivity index (χ0v) is 14.1. The molecule has 0 saturated carbocycles. The minimum atomic E-state index is -0.597. The number of carbonyl (C=O) groups is 2. The fourth-order valence-corrected chi connectivity index (χ4v) is 2.69. The van der Waals surface area contributed by atoms with Gasteiger partial charge in [0.2, 0.25) is 11.8 Å². The van der Waals surface area contributed by atoms with Crippen LogP contribution in [0.3, 0.4) is 0 Å². The largest absolute Gasteiger partial charge is 0.352 e. The molecule has 1 fully saturated rings. The number of anilines is 1.